The summed E-state index contributed by atoms with van der Waals surface area (Å²) in [5.41, 5.74) is 6.93. The van der Waals surface area contributed by atoms with E-state index >= 15 is 0 Å². The molecule has 0 amide bonds. The number of fused-ring (bicyclic) bond motifs is 5. The smallest absolute Gasteiger partial charge is 0.111 e. The van der Waals surface area contributed by atoms with Crippen molar-refractivity contribution in [1.82, 2.24) is 19.4 Å². The van der Waals surface area contributed by atoms with Gasteiger partial charge in [-0.2, -0.15) is 0 Å². The van der Waals surface area contributed by atoms with Gasteiger partial charge in [0.2, 0.25) is 0 Å². The molecule has 3 aliphatic heterocycles. The van der Waals surface area contributed by atoms with Crippen LogP contribution in [0, 0.1) is 0 Å². The van der Waals surface area contributed by atoms with E-state index in [0.717, 1.165) is 39.0 Å². The monoisotopic (exact) mass is 386 g/mol. The Morgan fingerprint density at radius 3 is 2.83 bits per heavy atom. The van der Waals surface area contributed by atoms with Gasteiger partial charge in [0.25, 0.3) is 0 Å². The molecule has 0 spiro atoms. The molecule has 0 radical (unpaired) electrons. The number of nitrogens with zero attached hydrogens (tertiary/aromatic N) is 4. The zero-order chi connectivity index (χ0) is 19.2. The highest BCUT2D eigenvalue weighted by atomic mass is 15.2. The zero-order valence-electron chi connectivity index (χ0n) is 17.2. The van der Waals surface area contributed by atoms with E-state index in [0.29, 0.717) is 6.04 Å². The summed E-state index contributed by atoms with van der Waals surface area (Å²) in [7, 11) is 0. The molecule has 1 saturated heterocycles. The van der Waals surface area contributed by atoms with E-state index in [4.69, 9.17) is 4.98 Å². The van der Waals surface area contributed by atoms with Crippen LogP contribution in [0.15, 0.2) is 42.5 Å². The first-order valence-electron chi connectivity index (χ1n) is 11.3. The fourth-order valence-corrected chi connectivity index (χ4v) is 5.70. The highest BCUT2D eigenvalue weighted by Crippen LogP contribution is 2.27. The molecule has 0 N–H and O–H groups in total. The van der Waals surface area contributed by atoms with Crippen LogP contribution in [0.4, 0.5) is 0 Å². The van der Waals surface area contributed by atoms with Crippen molar-refractivity contribution in [2.75, 3.05) is 19.6 Å². The third-order valence-electron chi connectivity index (χ3n) is 7.29. The van der Waals surface area contributed by atoms with Gasteiger partial charge in [0, 0.05) is 45.2 Å². The van der Waals surface area contributed by atoms with E-state index in [1.165, 1.54) is 65.9 Å². The molecule has 0 unspecified atom stereocenters. The van der Waals surface area contributed by atoms with Gasteiger partial charge in [0.1, 0.15) is 5.82 Å². The lowest BCUT2D eigenvalue weighted by Crippen LogP contribution is -2.40. The fraction of sp³-hybridized carbons (Fsp3) is 0.480. The summed E-state index contributed by atoms with van der Waals surface area (Å²) in [6.07, 6.45) is 6.36. The summed E-state index contributed by atoms with van der Waals surface area (Å²) >= 11 is 0. The SMILES string of the molecule is c1ccc2c(c1)CCN(Cc1ccc3c(c1)nc1n3CCN3CCCC[C@@H]3C1)C2. The normalized spacial score (nSPS) is 22.7. The molecule has 1 fully saturated rings. The van der Waals surface area contributed by atoms with Crippen molar-refractivity contribution >= 4 is 11.0 Å². The molecule has 1 aromatic heterocycles. The van der Waals surface area contributed by atoms with Crippen LogP contribution in [0.3, 0.4) is 0 Å². The van der Waals surface area contributed by atoms with Crippen molar-refractivity contribution in [2.45, 2.75) is 57.8 Å². The summed E-state index contributed by atoms with van der Waals surface area (Å²) in [6.45, 7) is 6.76. The van der Waals surface area contributed by atoms with Crippen molar-refractivity contribution < 1.29 is 0 Å². The molecule has 4 heteroatoms. The maximum absolute atomic E-state index is 5.11. The van der Waals surface area contributed by atoms with Crippen molar-refractivity contribution in [1.29, 1.82) is 0 Å². The second-order valence-corrected chi connectivity index (χ2v) is 9.12. The van der Waals surface area contributed by atoms with Crippen molar-refractivity contribution in [3.63, 3.8) is 0 Å². The predicted octanol–water partition coefficient (Wildman–Crippen LogP) is 4.01. The highest BCUT2D eigenvalue weighted by molar-refractivity contribution is 5.77. The number of imidazole rings is 1. The standard InChI is InChI=1S/C25H30N4/c1-2-6-21-18-27(12-10-20(21)5-1)17-19-8-9-24-23(15-19)26-25-16-22-7-3-4-11-28(22)13-14-29(24)25/h1-2,5-6,8-9,15,22H,3-4,7,10-14,16-18H2/t22-/m1/s1. The van der Waals surface area contributed by atoms with Gasteiger partial charge >= 0.3 is 0 Å². The summed E-state index contributed by atoms with van der Waals surface area (Å²) in [5.74, 6) is 1.30. The van der Waals surface area contributed by atoms with E-state index in [-0.39, 0.29) is 0 Å². The minimum atomic E-state index is 0.703. The third-order valence-corrected chi connectivity index (χ3v) is 7.29. The number of hydrogen-bond acceptors (Lipinski definition) is 3. The maximum Gasteiger partial charge on any atom is 0.111 e. The number of hydrogen-bond donors (Lipinski definition) is 0. The number of benzene rings is 2. The minimum Gasteiger partial charge on any atom is -0.327 e. The molecule has 4 heterocycles. The van der Waals surface area contributed by atoms with Crippen LogP contribution < -0.4 is 0 Å². The van der Waals surface area contributed by atoms with Crippen LogP contribution >= 0.6 is 0 Å². The Balaban J connectivity index is 1.24. The average Bonchev–Trinajstić information content (AvgIpc) is 2.98. The van der Waals surface area contributed by atoms with Gasteiger partial charge in [-0.05, 0) is 54.6 Å². The van der Waals surface area contributed by atoms with E-state index in [1.807, 2.05) is 0 Å². The summed E-state index contributed by atoms with van der Waals surface area (Å²) < 4.78 is 2.49. The Labute approximate surface area is 173 Å². The predicted molar refractivity (Wildman–Crippen MR) is 117 cm³/mol. The van der Waals surface area contributed by atoms with Gasteiger partial charge in [0.05, 0.1) is 11.0 Å². The first-order chi connectivity index (χ1) is 14.3. The lowest BCUT2D eigenvalue weighted by Gasteiger charge is -2.33. The Kier molecular flexibility index (Phi) is 4.42. The van der Waals surface area contributed by atoms with Crippen LogP contribution in [0.25, 0.3) is 11.0 Å². The van der Waals surface area contributed by atoms with Crippen LogP contribution in [-0.2, 0) is 32.5 Å². The molecule has 0 saturated carbocycles. The van der Waals surface area contributed by atoms with Crippen LogP contribution in [0.1, 0.15) is 41.8 Å². The first kappa shape index (κ1) is 17.7. The molecular formula is C25H30N4. The largest absolute Gasteiger partial charge is 0.327 e. The van der Waals surface area contributed by atoms with E-state index in [2.05, 4.69) is 56.8 Å². The molecular weight excluding hydrogens is 356 g/mol. The molecule has 1 atom stereocenters. The van der Waals surface area contributed by atoms with Gasteiger partial charge in [0.15, 0.2) is 0 Å². The van der Waals surface area contributed by atoms with Gasteiger partial charge in [-0.1, -0.05) is 36.8 Å². The van der Waals surface area contributed by atoms with Gasteiger partial charge in [-0.15, -0.1) is 0 Å². The lowest BCUT2D eigenvalue weighted by atomic mass is 9.99. The first-order valence-corrected chi connectivity index (χ1v) is 11.3. The molecule has 6 rings (SSSR count). The molecule has 4 nitrogen and oxygen atoms in total. The summed E-state index contributed by atoms with van der Waals surface area (Å²) in [6, 6.07) is 16.6. The quantitative estimate of drug-likeness (QED) is 0.665. The number of piperidine rings is 1. The topological polar surface area (TPSA) is 24.3 Å². The molecule has 2 aromatic carbocycles. The number of rotatable bonds is 2. The second-order valence-electron chi connectivity index (χ2n) is 9.12. The Morgan fingerprint density at radius 2 is 1.86 bits per heavy atom. The molecule has 150 valence electrons. The van der Waals surface area contributed by atoms with Crippen molar-refractivity contribution in [2.24, 2.45) is 0 Å². The molecule has 3 aliphatic rings. The molecule has 0 aliphatic carbocycles. The Morgan fingerprint density at radius 1 is 0.931 bits per heavy atom. The minimum absolute atomic E-state index is 0.703. The number of aromatic nitrogens is 2. The van der Waals surface area contributed by atoms with Crippen molar-refractivity contribution in [3.05, 3.63) is 65.0 Å². The Bertz CT molecular complexity index is 1040. The second kappa shape index (κ2) is 7.26. The van der Waals surface area contributed by atoms with Crippen LogP contribution in [-0.4, -0.2) is 45.0 Å². The van der Waals surface area contributed by atoms with Gasteiger partial charge in [-0.3, -0.25) is 9.80 Å². The maximum atomic E-state index is 5.11. The van der Waals surface area contributed by atoms with Crippen LogP contribution in [0.2, 0.25) is 0 Å². The van der Waals surface area contributed by atoms with E-state index < -0.39 is 0 Å². The van der Waals surface area contributed by atoms with Crippen molar-refractivity contribution in [3.8, 4) is 0 Å². The van der Waals surface area contributed by atoms with Crippen LogP contribution in [0.5, 0.6) is 0 Å². The zero-order valence-corrected chi connectivity index (χ0v) is 17.2. The van der Waals surface area contributed by atoms with Gasteiger partial charge < -0.3 is 4.57 Å². The van der Waals surface area contributed by atoms with E-state index in [1.54, 1.807) is 0 Å². The molecule has 29 heavy (non-hydrogen) atoms. The molecule has 3 aromatic rings. The third kappa shape index (κ3) is 3.28. The Hall–Kier alpha value is -2.17. The van der Waals surface area contributed by atoms with E-state index in [9.17, 15) is 0 Å². The lowest BCUT2D eigenvalue weighted by molar-refractivity contribution is 0.152. The fourth-order valence-electron chi connectivity index (χ4n) is 5.70. The highest BCUT2D eigenvalue weighted by Gasteiger charge is 2.28. The average molecular weight is 387 g/mol. The molecule has 0 bridgehead atoms. The summed E-state index contributed by atoms with van der Waals surface area (Å²) in [4.78, 5) is 10.4. The summed E-state index contributed by atoms with van der Waals surface area (Å²) in [5, 5.41) is 0. The van der Waals surface area contributed by atoms with Gasteiger partial charge in [-0.25, -0.2) is 4.98 Å².